The Bertz CT molecular complexity index is 968. The number of thiazole rings is 1. The topological polar surface area (TPSA) is 59.8 Å². The van der Waals surface area contributed by atoms with E-state index >= 15 is 0 Å². The lowest BCUT2D eigenvalue weighted by Crippen LogP contribution is -2.19. The molecule has 0 aliphatic rings. The molecular weight excluding hydrogens is 377 g/mol. The first kappa shape index (κ1) is 19.1. The highest BCUT2D eigenvalue weighted by molar-refractivity contribution is 7.14. The van der Waals surface area contributed by atoms with Gasteiger partial charge in [0.25, 0.3) is 0 Å². The van der Waals surface area contributed by atoms with Gasteiger partial charge >= 0.3 is 6.18 Å². The number of nitrogens with one attached hydrogen (secondary N) is 1. The van der Waals surface area contributed by atoms with E-state index in [9.17, 15) is 18.0 Å². The molecule has 0 fully saturated rings. The van der Waals surface area contributed by atoms with E-state index in [0.717, 1.165) is 44.9 Å². The van der Waals surface area contributed by atoms with Gasteiger partial charge in [0.05, 0.1) is 5.69 Å². The summed E-state index contributed by atoms with van der Waals surface area (Å²) >= 11 is 1.26. The largest absolute Gasteiger partial charge is 0.435 e. The van der Waals surface area contributed by atoms with Gasteiger partial charge in [-0.1, -0.05) is 17.7 Å². The summed E-state index contributed by atoms with van der Waals surface area (Å²) in [7, 11) is 0. The first-order chi connectivity index (χ1) is 12.6. The van der Waals surface area contributed by atoms with Crippen LogP contribution in [0.1, 0.15) is 22.4 Å². The molecule has 1 aromatic carbocycles. The predicted octanol–water partition coefficient (Wildman–Crippen LogP) is 4.59. The van der Waals surface area contributed by atoms with Crippen molar-refractivity contribution in [3.63, 3.8) is 0 Å². The molecule has 1 amide bonds. The number of aryl methyl sites for hydroxylation is 3. The van der Waals surface area contributed by atoms with Gasteiger partial charge in [0.2, 0.25) is 5.91 Å². The van der Waals surface area contributed by atoms with E-state index in [1.807, 2.05) is 26.2 Å². The highest BCUT2D eigenvalue weighted by Gasteiger charge is 2.33. The molecule has 0 unspecified atom stereocenters. The number of aromatic nitrogens is 3. The van der Waals surface area contributed by atoms with Crippen LogP contribution in [0.2, 0.25) is 0 Å². The molecule has 0 saturated carbocycles. The smallest absolute Gasteiger partial charge is 0.300 e. The molecule has 0 radical (unpaired) electrons. The lowest BCUT2D eigenvalue weighted by Gasteiger charge is -2.08. The predicted molar refractivity (Wildman–Crippen MR) is 97.6 cm³/mol. The van der Waals surface area contributed by atoms with Gasteiger partial charge in [0.1, 0.15) is 6.54 Å². The van der Waals surface area contributed by atoms with Crippen molar-refractivity contribution < 1.29 is 18.0 Å². The van der Waals surface area contributed by atoms with Crippen LogP contribution in [0.3, 0.4) is 0 Å². The molecule has 1 N–H and O–H groups in total. The van der Waals surface area contributed by atoms with Gasteiger partial charge < -0.3 is 5.32 Å². The molecule has 9 heteroatoms. The Morgan fingerprint density at radius 3 is 2.48 bits per heavy atom. The summed E-state index contributed by atoms with van der Waals surface area (Å²) in [5, 5.41) is 8.20. The second-order valence-electron chi connectivity index (χ2n) is 6.26. The van der Waals surface area contributed by atoms with Crippen LogP contribution in [0.5, 0.6) is 0 Å². The summed E-state index contributed by atoms with van der Waals surface area (Å²) in [6.07, 6.45) is -3.41. The normalized spacial score (nSPS) is 11.6. The quantitative estimate of drug-likeness (QED) is 0.704. The number of carbonyl (C=O) groups is 1. The zero-order valence-electron chi connectivity index (χ0n) is 14.9. The Morgan fingerprint density at radius 2 is 1.89 bits per heavy atom. The van der Waals surface area contributed by atoms with Crippen LogP contribution in [0.4, 0.5) is 18.3 Å². The zero-order valence-corrected chi connectivity index (χ0v) is 15.7. The highest BCUT2D eigenvalue weighted by atomic mass is 32.1. The standard InChI is InChI=1S/C18H17F3N4OS/c1-10-6-11(2)16(12(3)7-10)13-9-27-17(22-13)23-15(26)8-25-5-4-14(24-25)18(19,20)21/h4-7,9H,8H2,1-3H3,(H,22,23,26). The Balaban J connectivity index is 1.71. The second-order valence-corrected chi connectivity index (χ2v) is 7.11. The molecular formula is C18H17F3N4OS. The molecule has 0 spiro atoms. The summed E-state index contributed by atoms with van der Waals surface area (Å²) < 4.78 is 38.6. The van der Waals surface area contributed by atoms with Crippen LogP contribution in [0.25, 0.3) is 11.3 Å². The SMILES string of the molecule is Cc1cc(C)c(-c2csc(NC(=O)Cn3ccc(C(F)(F)F)n3)n2)c(C)c1. The van der Waals surface area contributed by atoms with Gasteiger partial charge in [-0.05, 0) is 38.0 Å². The molecule has 0 atom stereocenters. The molecule has 0 saturated heterocycles. The molecule has 142 valence electrons. The molecule has 3 aromatic rings. The molecule has 2 heterocycles. The van der Waals surface area contributed by atoms with Gasteiger partial charge in [0.15, 0.2) is 10.8 Å². The van der Waals surface area contributed by atoms with Gasteiger partial charge in [-0.15, -0.1) is 11.3 Å². The van der Waals surface area contributed by atoms with E-state index in [-0.39, 0.29) is 6.54 Å². The van der Waals surface area contributed by atoms with E-state index in [4.69, 9.17) is 0 Å². The van der Waals surface area contributed by atoms with E-state index in [1.54, 1.807) is 0 Å². The maximum absolute atomic E-state index is 12.6. The molecule has 3 rings (SSSR count). The lowest BCUT2D eigenvalue weighted by molar-refractivity contribution is -0.141. The Labute approximate surface area is 157 Å². The average Bonchev–Trinajstić information content (AvgIpc) is 3.15. The van der Waals surface area contributed by atoms with E-state index < -0.39 is 17.8 Å². The maximum Gasteiger partial charge on any atom is 0.435 e. The molecule has 5 nitrogen and oxygen atoms in total. The summed E-state index contributed by atoms with van der Waals surface area (Å²) in [5.74, 6) is -0.495. The van der Waals surface area contributed by atoms with E-state index in [0.29, 0.717) is 5.13 Å². The minimum absolute atomic E-state index is 0.326. The van der Waals surface area contributed by atoms with Crippen LogP contribution in [0.15, 0.2) is 29.8 Å². The second kappa shape index (κ2) is 7.15. The van der Waals surface area contributed by atoms with Crippen molar-refractivity contribution >= 4 is 22.4 Å². The van der Waals surface area contributed by atoms with E-state index in [1.165, 1.54) is 11.3 Å². The number of hydrogen-bond donors (Lipinski definition) is 1. The van der Waals surface area contributed by atoms with E-state index in [2.05, 4.69) is 27.5 Å². The first-order valence-electron chi connectivity index (χ1n) is 8.08. The van der Waals surface area contributed by atoms with Crippen LogP contribution >= 0.6 is 11.3 Å². The molecule has 27 heavy (non-hydrogen) atoms. The van der Waals surface area contributed by atoms with Crippen LogP contribution in [-0.2, 0) is 17.5 Å². The number of benzene rings is 1. The van der Waals surface area contributed by atoms with Crippen LogP contribution in [0, 0.1) is 20.8 Å². The Kier molecular flexibility index (Phi) is 5.05. The fourth-order valence-corrected chi connectivity index (χ4v) is 3.65. The summed E-state index contributed by atoms with van der Waals surface area (Å²) in [6.45, 7) is 5.70. The molecule has 0 bridgehead atoms. The fourth-order valence-electron chi connectivity index (χ4n) is 2.94. The number of amides is 1. The molecule has 2 aromatic heterocycles. The monoisotopic (exact) mass is 394 g/mol. The van der Waals surface area contributed by atoms with Gasteiger partial charge in [-0.3, -0.25) is 9.48 Å². The van der Waals surface area contributed by atoms with Crippen molar-refractivity contribution in [2.75, 3.05) is 5.32 Å². The minimum atomic E-state index is -4.53. The first-order valence-corrected chi connectivity index (χ1v) is 8.95. The zero-order chi connectivity index (χ0) is 19.8. The number of nitrogens with zero attached hydrogens (tertiary/aromatic N) is 3. The Morgan fingerprint density at radius 1 is 1.22 bits per heavy atom. The van der Waals surface area contributed by atoms with Gasteiger partial charge in [-0.2, -0.15) is 18.3 Å². The van der Waals surface area contributed by atoms with Crippen molar-refractivity contribution in [2.45, 2.75) is 33.5 Å². The van der Waals surface area contributed by atoms with Crippen molar-refractivity contribution in [1.29, 1.82) is 0 Å². The third-order valence-corrected chi connectivity index (χ3v) is 4.68. The summed E-state index contributed by atoms with van der Waals surface area (Å²) in [6, 6.07) is 4.96. The molecule has 0 aliphatic heterocycles. The number of halogens is 3. The van der Waals surface area contributed by atoms with Gasteiger partial charge in [-0.25, -0.2) is 4.98 Å². The number of hydrogen-bond acceptors (Lipinski definition) is 4. The maximum atomic E-state index is 12.6. The number of carbonyl (C=O) groups excluding carboxylic acids is 1. The number of anilines is 1. The van der Waals surface area contributed by atoms with Crippen molar-refractivity contribution in [2.24, 2.45) is 0 Å². The van der Waals surface area contributed by atoms with Gasteiger partial charge in [0, 0.05) is 17.1 Å². The molecule has 0 aliphatic carbocycles. The number of rotatable bonds is 4. The van der Waals surface area contributed by atoms with Crippen molar-refractivity contribution in [3.05, 3.63) is 52.2 Å². The number of alkyl halides is 3. The fraction of sp³-hybridized carbons (Fsp3) is 0.278. The van der Waals surface area contributed by atoms with Crippen LogP contribution in [-0.4, -0.2) is 20.7 Å². The summed E-state index contributed by atoms with van der Waals surface area (Å²) in [5.41, 5.74) is 4.08. The Hall–Kier alpha value is -2.68. The third kappa shape index (κ3) is 4.36. The minimum Gasteiger partial charge on any atom is -0.300 e. The summed E-state index contributed by atoms with van der Waals surface area (Å²) in [4.78, 5) is 16.5. The average molecular weight is 394 g/mol. The third-order valence-electron chi connectivity index (χ3n) is 3.92. The van der Waals surface area contributed by atoms with Crippen molar-refractivity contribution in [1.82, 2.24) is 14.8 Å². The lowest BCUT2D eigenvalue weighted by atomic mass is 9.98. The highest BCUT2D eigenvalue weighted by Crippen LogP contribution is 2.31. The van der Waals surface area contributed by atoms with Crippen molar-refractivity contribution in [3.8, 4) is 11.3 Å². The van der Waals surface area contributed by atoms with Crippen LogP contribution < -0.4 is 5.32 Å².